The van der Waals surface area contributed by atoms with Gasteiger partial charge in [-0.2, -0.15) is 0 Å². The number of ketones is 3. The number of aliphatic hydroxyl groups is 3. The molecule has 0 spiro atoms. The average molecular weight is 557 g/mol. The molecule has 0 bridgehead atoms. The fourth-order valence-electron chi connectivity index (χ4n) is 8.98. The quantitative estimate of drug-likeness (QED) is 0.260. The number of Topliss-reactive ketones (excluding diaryl/α,β-unsaturated/α-hetero) is 2. The topological polar surface area (TPSA) is 138 Å². The zero-order valence-corrected chi connectivity index (χ0v) is 25.1. The highest BCUT2D eigenvalue weighted by atomic mass is 16.6. The molecule has 8 atom stereocenters. The van der Waals surface area contributed by atoms with Crippen molar-refractivity contribution in [3.8, 4) is 0 Å². The Labute approximate surface area is 236 Å². The van der Waals surface area contributed by atoms with Crippen molar-refractivity contribution in [1.29, 1.82) is 0 Å². The molecule has 8 nitrogen and oxygen atoms in total. The summed E-state index contributed by atoms with van der Waals surface area (Å²) in [5.41, 5.74) is -5.72. The molecule has 4 aliphatic carbocycles. The zero-order valence-electron chi connectivity index (χ0n) is 25.1. The lowest BCUT2D eigenvalue weighted by Gasteiger charge is -2.63. The van der Waals surface area contributed by atoms with Gasteiger partial charge in [0.25, 0.3) is 0 Å². The number of aliphatic hydroxyl groups excluding tert-OH is 2. The van der Waals surface area contributed by atoms with Crippen LogP contribution in [0.1, 0.15) is 81.6 Å². The molecule has 0 aromatic rings. The Morgan fingerprint density at radius 3 is 2.25 bits per heavy atom. The fourth-order valence-corrected chi connectivity index (χ4v) is 8.98. The van der Waals surface area contributed by atoms with E-state index in [2.05, 4.69) is 0 Å². The van der Waals surface area contributed by atoms with Crippen LogP contribution in [0.5, 0.6) is 0 Å². The highest BCUT2D eigenvalue weighted by Gasteiger charge is 2.74. The first-order valence-corrected chi connectivity index (χ1v) is 14.1. The smallest absolute Gasteiger partial charge is 0.303 e. The molecule has 4 rings (SSSR count). The maximum atomic E-state index is 14.3. The number of rotatable bonds is 5. The summed E-state index contributed by atoms with van der Waals surface area (Å²) in [5, 5.41) is 33.8. The molecule has 2 saturated carbocycles. The van der Waals surface area contributed by atoms with Crippen LogP contribution in [0.4, 0.5) is 0 Å². The number of fused-ring (bicyclic) bond motifs is 5. The van der Waals surface area contributed by atoms with Gasteiger partial charge in [0, 0.05) is 30.6 Å². The predicted molar refractivity (Wildman–Crippen MR) is 148 cm³/mol. The highest BCUT2D eigenvalue weighted by Crippen LogP contribution is 2.73. The van der Waals surface area contributed by atoms with Crippen LogP contribution in [0.2, 0.25) is 0 Å². The van der Waals surface area contributed by atoms with Crippen LogP contribution in [0.25, 0.3) is 0 Å². The van der Waals surface area contributed by atoms with Gasteiger partial charge in [-0.15, -0.1) is 0 Å². The molecule has 0 unspecified atom stereocenters. The van der Waals surface area contributed by atoms with E-state index >= 15 is 0 Å². The van der Waals surface area contributed by atoms with E-state index in [9.17, 15) is 34.5 Å². The van der Waals surface area contributed by atoms with Crippen LogP contribution in [-0.4, -0.2) is 55.9 Å². The zero-order chi connectivity index (χ0) is 30.4. The lowest BCUT2D eigenvalue weighted by atomic mass is 9.39. The first kappa shape index (κ1) is 30.4. The van der Waals surface area contributed by atoms with Crippen molar-refractivity contribution in [2.45, 2.75) is 98.9 Å². The molecule has 2 fully saturated rings. The van der Waals surface area contributed by atoms with E-state index in [1.807, 2.05) is 26.8 Å². The number of carbonyl (C=O) groups is 4. The molecule has 0 amide bonds. The third-order valence-corrected chi connectivity index (χ3v) is 11.2. The van der Waals surface area contributed by atoms with Gasteiger partial charge in [0.2, 0.25) is 5.78 Å². The Bertz CT molecular complexity index is 1270. The monoisotopic (exact) mass is 556 g/mol. The SMILES string of the molecule is CC(=O)OC(C)(C)/C=C\C(=O)[C@](C)(O)[C@@H]1[C@H](O)C[C@]2(C)[C@@H]3CC=C4[C@H](C=C(O)C(=O)C4(C)C)[C@]3(C)C(=O)C[C@]12C. The second-order valence-electron chi connectivity index (χ2n) is 14.4. The summed E-state index contributed by atoms with van der Waals surface area (Å²) in [6, 6.07) is 0. The molecular weight excluding hydrogens is 512 g/mol. The van der Waals surface area contributed by atoms with Crippen molar-refractivity contribution in [3.05, 3.63) is 35.6 Å². The summed E-state index contributed by atoms with van der Waals surface area (Å²) in [6.07, 6.45) is 5.89. The molecule has 0 aliphatic heterocycles. The molecular formula is C32H44O8. The minimum absolute atomic E-state index is 0.0249. The Morgan fingerprint density at radius 2 is 1.68 bits per heavy atom. The summed E-state index contributed by atoms with van der Waals surface area (Å²) in [7, 11) is 0. The number of carbonyl (C=O) groups excluding carboxylic acids is 4. The Kier molecular flexibility index (Phi) is 6.80. The van der Waals surface area contributed by atoms with Crippen LogP contribution in [0, 0.1) is 39.4 Å². The second-order valence-corrected chi connectivity index (χ2v) is 14.4. The Morgan fingerprint density at radius 1 is 1.07 bits per heavy atom. The summed E-state index contributed by atoms with van der Waals surface area (Å²) in [4.78, 5) is 52.0. The van der Waals surface area contributed by atoms with E-state index in [0.717, 1.165) is 5.57 Å². The minimum Gasteiger partial charge on any atom is -0.505 e. The maximum Gasteiger partial charge on any atom is 0.303 e. The fraction of sp³-hybridized carbons (Fsp3) is 0.688. The van der Waals surface area contributed by atoms with Crippen molar-refractivity contribution in [3.63, 3.8) is 0 Å². The van der Waals surface area contributed by atoms with Crippen LogP contribution in [-0.2, 0) is 23.9 Å². The Balaban J connectivity index is 1.76. The van der Waals surface area contributed by atoms with Crippen molar-refractivity contribution in [1.82, 2.24) is 0 Å². The Hall–Kier alpha value is -2.58. The van der Waals surface area contributed by atoms with Gasteiger partial charge in [0.05, 0.1) is 11.5 Å². The molecule has 0 aromatic heterocycles. The third kappa shape index (κ3) is 4.00. The largest absolute Gasteiger partial charge is 0.505 e. The van der Waals surface area contributed by atoms with Gasteiger partial charge in [-0.3, -0.25) is 19.2 Å². The second kappa shape index (κ2) is 8.96. The minimum atomic E-state index is -2.00. The van der Waals surface area contributed by atoms with Gasteiger partial charge in [0.1, 0.15) is 17.0 Å². The number of allylic oxidation sites excluding steroid dienone is 4. The molecule has 0 heterocycles. The molecule has 220 valence electrons. The van der Waals surface area contributed by atoms with E-state index in [0.29, 0.717) is 6.42 Å². The molecule has 3 N–H and O–H groups in total. The van der Waals surface area contributed by atoms with Crippen LogP contribution in [0.15, 0.2) is 35.6 Å². The van der Waals surface area contributed by atoms with Gasteiger partial charge in [-0.1, -0.05) is 32.4 Å². The summed E-state index contributed by atoms with van der Waals surface area (Å²) >= 11 is 0. The van der Waals surface area contributed by atoms with Crippen molar-refractivity contribution >= 4 is 23.3 Å². The molecule has 0 saturated heterocycles. The molecule has 8 heteroatoms. The number of hydrogen-bond acceptors (Lipinski definition) is 8. The normalized spacial score (nSPS) is 40.4. The average Bonchev–Trinajstić information content (AvgIpc) is 3.01. The molecule has 40 heavy (non-hydrogen) atoms. The van der Waals surface area contributed by atoms with Crippen LogP contribution in [0.3, 0.4) is 0 Å². The maximum absolute atomic E-state index is 14.3. The van der Waals surface area contributed by atoms with Gasteiger partial charge in [-0.05, 0) is 82.4 Å². The molecule has 0 aromatic carbocycles. The van der Waals surface area contributed by atoms with Crippen molar-refractivity contribution < 1.29 is 39.2 Å². The summed E-state index contributed by atoms with van der Waals surface area (Å²) in [6.45, 7) is 15.3. The lowest BCUT2D eigenvalue weighted by molar-refractivity contribution is -0.179. The van der Waals surface area contributed by atoms with Crippen LogP contribution >= 0.6 is 0 Å². The van der Waals surface area contributed by atoms with Gasteiger partial charge < -0.3 is 20.1 Å². The van der Waals surface area contributed by atoms with Crippen LogP contribution < -0.4 is 0 Å². The van der Waals surface area contributed by atoms with E-state index in [-0.39, 0.29) is 36.1 Å². The van der Waals surface area contributed by atoms with E-state index in [1.165, 1.54) is 32.1 Å². The van der Waals surface area contributed by atoms with Crippen molar-refractivity contribution in [2.75, 3.05) is 0 Å². The number of esters is 1. The van der Waals surface area contributed by atoms with Gasteiger partial charge >= 0.3 is 5.97 Å². The van der Waals surface area contributed by atoms with E-state index in [1.54, 1.807) is 27.7 Å². The molecule has 4 aliphatic rings. The van der Waals surface area contributed by atoms with E-state index < -0.39 is 62.6 Å². The van der Waals surface area contributed by atoms with Gasteiger partial charge in [0.15, 0.2) is 11.5 Å². The highest BCUT2D eigenvalue weighted by molar-refractivity contribution is 6.02. The first-order chi connectivity index (χ1) is 18.1. The van der Waals surface area contributed by atoms with Gasteiger partial charge in [-0.25, -0.2) is 0 Å². The third-order valence-electron chi connectivity index (χ3n) is 11.2. The number of hydrogen-bond donors (Lipinski definition) is 3. The summed E-state index contributed by atoms with van der Waals surface area (Å²) in [5.74, 6) is -3.61. The lowest BCUT2D eigenvalue weighted by Crippen LogP contribution is -2.64. The molecule has 0 radical (unpaired) electrons. The standard InChI is InChI=1S/C32H44O8/c1-17(33)40-27(2,3)13-12-23(36)32(9,39)25-21(35)15-29(6)22-11-10-18-19(14-20(34)26(38)28(18,4)5)31(22,8)24(37)16-30(25,29)7/h10,12-14,19,21-22,25,34-35,39H,11,15-16H2,1-9H3/b13-12-/t19-,21+,22-,25+,29+,30+,31-,32-/m0/s1. The summed E-state index contributed by atoms with van der Waals surface area (Å²) < 4.78 is 5.22. The first-order valence-electron chi connectivity index (χ1n) is 14.1. The van der Waals surface area contributed by atoms with E-state index in [4.69, 9.17) is 4.74 Å². The number of ether oxygens (including phenoxy) is 1. The van der Waals surface area contributed by atoms with Crippen molar-refractivity contribution in [2.24, 2.45) is 39.4 Å². The predicted octanol–water partition coefficient (Wildman–Crippen LogP) is 4.19.